The molecule has 3 aromatic rings. The number of imidazole rings is 1. The predicted octanol–water partition coefficient (Wildman–Crippen LogP) is 3.49. The van der Waals surface area contributed by atoms with Crippen molar-refractivity contribution in [1.82, 2.24) is 20.0 Å². The molecular formula is C22H28IN5O. The first-order valence-electron chi connectivity index (χ1n) is 9.93. The Morgan fingerprint density at radius 3 is 2.97 bits per heavy atom. The van der Waals surface area contributed by atoms with Crippen LogP contribution in [-0.2, 0) is 19.4 Å². The third-order valence-electron chi connectivity index (χ3n) is 4.95. The van der Waals surface area contributed by atoms with Crippen LogP contribution in [0, 0.1) is 6.92 Å². The van der Waals surface area contributed by atoms with Crippen LogP contribution in [0.25, 0.3) is 5.65 Å². The number of benzene rings is 1. The fourth-order valence-corrected chi connectivity index (χ4v) is 3.50. The van der Waals surface area contributed by atoms with E-state index in [9.17, 15) is 0 Å². The van der Waals surface area contributed by atoms with Crippen molar-refractivity contribution >= 4 is 35.6 Å². The molecule has 7 heteroatoms. The van der Waals surface area contributed by atoms with Crippen LogP contribution >= 0.6 is 24.0 Å². The Labute approximate surface area is 188 Å². The van der Waals surface area contributed by atoms with Crippen molar-refractivity contribution in [2.75, 3.05) is 19.7 Å². The van der Waals surface area contributed by atoms with Gasteiger partial charge in [0.15, 0.2) is 5.96 Å². The number of aliphatic imine (C=N–C) groups is 1. The highest BCUT2D eigenvalue weighted by Gasteiger charge is 2.11. The number of aryl methyl sites for hydroxylation is 1. The second kappa shape index (κ2) is 9.96. The molecule has 0 radical (unpaired) electrons. The van der Waals surface area contributed by atoms with Gasteiger partial charge in [-0.1, -0.05) is 18.2 Å². The molecule has 0 amide bonds. The van der Waals surface area contributed by atoms with E-state index in [0.29, 0.717) is 6.54 Å². The van der Waals surface area contributed by atoms with Crippen molar-refractivity contribution in [3.05, 3.63) is 65.1 Å². The fourth-order valence-electron chi connectivity index (χ4n) is 3.50. The minimum Gasteiger partial charge on any atom is -0.493 e. The Balaban J connectivity index is 0.00000240. The number of halogens is 1. The van der Waals surface area contributed by atoms with Crippen LogP contribution in [0.3, 0.4) is 0 Å². The number of aromatic nitrogens is 2. The van der Waals surface area contributed by atoms with Crippen molar-refractivity contribution in [1.29, 1.82) is 0 Å². The zero-order valence-electron chi connectivity index (χ0n) is 16.9. The van der Waals surface area contributed by atoms with E-state index in [-0.39, 0.29) is 24.0 Å². The molecule has 4 rings (SSSR count). The zero-order valence-corrected chi connectivity index (χ0v) is 19.3. The van der Waals surface area contributed by atoms with Gasteiger partial charge >= 0.3 is 0 Å². The molecule has 0 fully saturated rings. The maximum atomic E-state index is 5.58. The Bertz CT molecular complexity index is 998. The van der Waals surface area contributed by atoms with Gasteiger partial charge in [0, 0.05) is 31.4 Å². The minimum absolute atomic E-state index is 0. The van der Waals surface area contributed by atoms with Crippen LogP contribution in [0.4, 0.5) is 0 Å². The first-order chi connectivity index (χ1) is 13.7. The number of pyridine rings is 1. The molecule has 0 spiro atoms. The van der Waals surface area contributed by atoms with Gasteiger partial charge in [-0.15, -0.1) is 24.0 Å². The van der Waals surface area contributed by atoms with Gasteiger partial charge in [-0.2, -0.15) is 0 Å². The van der Waals surface area contributed by atoms with E-state index in [1.807, 2.05) is 12.1 Å². The highest BCUT2D eigenvalue weighted by Crippen LogP contribution is 2.25. The molecule has 2 aromatic heterocycles. The van der Waals surface area contributed by atoms with Gasteiger partial charge in [-0.3, -0.25) is 0 Å². The summed E-state index contributed by atoms with van der Waals surface area (Å²) in [4.78, 5) is 9.35. The maximum Gasteiger partial charge on any atom is 0.191 e. The summed E-state index contributed by atoms with van der Waals surface area (Å²) in [5.41, 5.74) is 5.74. The van der Waals surface area contributed by atoms with Crippen molar-refractivity contribution in [2.24, 2.45) is 4.99 Å². The minimum atomic E-state index is 0. The monoisotopic (exact) mass is 505 g/mol. The summed E-state index contributed by atoms with van der Waals surface area (Å²) >= 11 is 0. The maximum absolute atomic E-state index is 5.58. The van der Waals surface area contributed by atoms with E-state index in [0.717, 1.165) is 55.6 Å². The third kappa shape index (κ3) is 5.20. The molecule has 0 saturated heterocycles. The van der Waals surface area contributed by atoms with E-state index in [2.05, 4.69) is 64.3 Å². The normalized spacial score (nSPS) is 13.0. The SMILES string of the molecule is CCNC(=NCc1cn2c(C)cccc2n1)NCCc1ccc2c(c1)CCO2.I. The second-order valence-electron chi connectivity index (χ2n) is 7.04. The Morgan fingerprint density at radius 1 is 1.24 bits per heavy atom. The number of fused-ring (bicyclic) bond motifs is 2. The summed E-state index contributed by atoms with van der Waals surface area (Å²) in [6.07, 6.45) is 4.02. The number of rotatable bonds is 6. The molecule has 2 N–H and O–H groups in total. The van der Waals surface area contributed by atoms with Crippen molar-refractivity contribution in [2.45, 2.75) is 33.2 Å². The number of hydrogen-bond donors (Lipinski definition) is 2. The van der Waals surface area contributed by atoms with Crippen LogP contribution < -0.4 is 15.4 Å². The average molecular weight is 505 g/mol. The standard InChI is InChI=1S/C22H27N5O.HI/c1-3-23-22(24-11-9-17-7-8-20-18(13-17)10-12-28-20)25-14-19-15-27-16(2)5-4-6-21(27)26-19;/h4-8,13,15H,3,9-12,14H2,1-2H3,(H2,23,24,25);1H. The lowest BCUT2D eigenvalue weighted by Gasteiger charge is -2.11. The number of nitrogens with zero attached hydrogens (tertiary/aromatic N) is 3. The Morgan fingerprint density at radius 2 is 2.14 bits per heavy atom. The van der Waals surface area contributed by atoms with Gasteiger partial charge in [-0.25, -0.2) is 9.98 Å². The quantitative estimate of drug-likeness (QED) is 0.306. The lowest BCUT2D eigenvalue weighted by atomic mass is 10.1. The molecule has 0 saturated carbocycles. The molecule has 29 heavy (non-hydrogen) atoms. The molecule has 6 nitrogen and oxygen atoms in total. The van der Waals surface area contributed by atoms with Gasteiger partial charge in [0.1, 0.15) is 11.4 Å². The highest BCUT2D eigenvalue weighted by atomic mass is 127. The third-order valence-corrected chi connectivity index (χ3v) is 4.95. The van der Waals surface area contributed by atoms with E-state index in [4.69, 9.17) is 9.73 Å². The van der Waals surface area contributed by atoms with E-state index < -0.39 is 0 Å². The largest absolute Gasteiger partial charge is 0.493 e. The first-order valence-corrected chi connectivity index (χ1v) is 9.93. The van der Waals surface area contributed by atoms with Crippen LogP contribution in [-0.4, -0.2) is 35.0 Å². The number of ether oxygens (including phenoxy) is 1. The topological polar surface area (TPSA) is 63.0 Å². The van der Waals surface area contributed by atoms with Crippen molar-refractivity contribution in [3.8, 4) is 5.75 Å². The molecule has 0 unspecified atom stereocenters. The lowest BCUT2D eigenvalue weighted by Crippen LogP contribution is -2.38. The Hall–Kier alpha value is -2.29. The van der Waals surface area contributed by atoms with Gasteiger partial charge in [-0.05, 0) is 49.6 Å². The zero-order chi connectivity index (χ0) is 19.3. The number of guanidine groups is 1. The smallest absolute Gasteiger partial charge is 0.191 e. The summed E-state index contributed by atoms with van der Waals surface area (Å²) in [5, 5.41) is 6.74. The van der Waals surface area contributed by atoms with Crippen LogP contribution in [0.2, 0.25) is 0 Å². The van der Waals surface area contributed by atoms with Gasteiger partial charge in [0.05, 0.1) is 18.8 Å². The molecule has 1 aliphatic heterocycles. The highest BCUT2D eigenvalue weighted by molar-refractivity contribution is 14.0. The summed E-state index contributed by atoms with van der Waals surface area (Å²) in [6, 6.07) is 12.6. The average Bonchev–Trinajstić information content (AvgIpc) is 3.33. The lowest BCUT2D eigenvalue weighted by molar-refractivity contribution is 0.357. The van der Waals surface area contributed by atoms with E-state index >= 15 is 0 Å². The predicted molar refractivity (Wildman–Crippen MR) is 128 cm³/mol. The number of hydrogen-bond acceptors (Lipinski definition) is 3. The van der Waals surface area contributed by atoms with Gasteiger partial charge < -0.3 is 19.8 Å². The number of nitrogens with one attached hydrogen (secondary N) is 2. The summed E-state index contributed by atoms with van der Waals surface area (Å²) < 4.78 is 7.68. The molecule has 0 atom stereocenters. The summed E-state index contributed by atoms with van der Waals surface area (Å²) in [7, 11) is 0. The Kier molecular flexibility index (Phi) is 7.35. The van der Waals surface area contributed by atoms with Crippen LogP contribution in [0.15, 0.2) is 47.6 Å². The summed E-state index contributed by atoms with van der Waals surface area (Å²) in [6.45, 7) is 7.16. The van der Waals surface area contributed by atoms with E-state index in [1.54, 1.807) is 0 Å². The second-order valence-corrected chi connectivity index (χ2v) is 7.04. The van der Waals surface area contributed by atoms with Crippen molar-refractivity contribution < 1.29 is 4.74 Å². The summed E-state index contributed by atoms with van der Waals surface area (Å²) in [5.74, 6) is 1.86. The molecule has 1 aliphatic rings. The van der Waals surface area contributed by atoms with E-state index in [1.165, 1.54) is 16.8 Å². The fraction of sp³-hybridized carbons (Fsp3) is 0.364. The molecule has 1 aromatic carbocycles. The van der Waals surface area contributed by atoms with Gasteiger partial charge in [0.2, 0.25) is 0 Å². The molecular weight excluding hydrogens is 477 g/mol. The van der Waals surface area contributed by atoms with Crippen LogP contribution in [0.1, 0.15) is 29.4 Å². The molecule has 3 heterocycles. The molecule has 0 bridgehead atoms. The van der Waals surface area contributed by atoms with Gasteiger partial charge in [0.25, 0.3) is 0 Å². The molecule has 0 aliphatic carbocycles. The first kappa shape index (κ1) is 21.4. The van der Waals surface area contributed by atoms with Crippen molar-refractivity contribution in [3.63, 3.8) is 0 Å². The van der Waals surface area contributed by atoms with Crippen LogP contribution in [0.5, 0.6) is 5.75 Å². The molecule has 154 valence electrons.